The lowest BCUT2D eigenvalue weighted by Crippen LogP contribution is -2.49. The quantitative estimate of drug-likeness (QED) is 0.233. The number of benzene rings is 2. The highest BCUT2D eigenvalue weighted by Crippen LogP contribution is 2.36. The highest BCUT2D eigenvalue weighted by molar-refractivity contribution is 5.99. The highest BCUT2D eigenvalue weighted by atomic mass is 19.1. The topological polar surface area (TPSA) is 135 Å². The number of anilines is 1. The number of hydrogen-bond donors (Lipinski definition) is 1. The molecule has 2 saturated heterocycles. The summed E-state index contributed by atoms with van der Waals surface area (Å²) in [7, 11) is 0. The van der Waals surface area contributed by atoms with E-state index in [0.29, 0.717) is 67.4 Å². The van der Waals surface area contributed by atoms with Crippen LogP contribution in [0.4, 0.5) is 10.2 Å². The molecule has 2 aliphatic heterocycles. The standard InChI is InChI=1S/C33H35FN8O3/c1-33(2,41-13-15-44-16-14-41)18-22(19-35)32(43)40-12-6-7-23(20-40)42-31-28(30(36)37-21-38-31)29(39-42)26-11-10-25(17-27(26)34)45-24-8-4-3-5-9-24/h3-5,8-11,17-18,21,23H,6-7,12-16,20H2,1-2H3,(H2,36,37,38)/b22-18-/t23-/m1/s1. The third-order valence-corrected chi connectivity index (χ3v) is 8.40. The van der Waals surface area contributed by atoms with E-state index in [4.69, 9.17) is 20.3 Å². The number of nitriles is 1. The molecular weight excluding hydrogens is 575 g/mol. The molecule has 0 aliphatic carbocycles. The number of hydrogen-bond acceptors (Lipinski definition) is 9. The van der Waals surface area contributed by atoms with Crippen LogP contribution in [0.25, 0.3) is 22.3 Å². The van der Waals surface area contributed by atoms with E-state index in [-0.39, 0.29) is 28.9 Å². The molecule has 1 atom stereocenters. The van der Waals surface area contributed by atoms with Gasteiger partial charge in [0.1, 0.15) is 46.8 Å². The van der Waals surface area contributed by atoms with Crippen molar-refractivity contribution in [3.63, 3.8) is 0 Å². The van der Waals surface area contributed by atoms with Gasteiger partial charge in [-0.25, -0.2) is 19.0 Å². The predicted molar refractivity (Wildman–Crippen MR) is 167 cm³/mol. The molecule has 45 heavy (non-hydrogen) atoms. The Kier molecular flexibility index (Phi) is 8.47. The number of nitrogens with zero attached hydrogens (tertiary/aromatic N) is 7. The van der Waals surface area contributed by atoms with Crippen LogP contribution in [0.1, 0.15) is 32.7 Å². The lowest BCUT2D eigenvalue weighted by atomic mass is 9.97. The number of nitrogen functional groups attached to an aromatic ring is 1. The molecule has 232 valence electrons. The van der Waals surface area contributed by atoms with Crippen LogP contribution >= 0.6 is 0 Å². The van der Waals surface area contributed by atoms with Crippen molar-refractivity contribution >= 4 is 22.8 Å². The fourth-order valence-corrected chi connectivity index (χ4v) is 6.05. The monoisotopic (exact) mass is 610 g/mol. The van der Waals surface area contributed by atoms with Crippen LogP contribution in [0.3, 0.4) is 0 Å². The van der Waals surface area contributed by atoms with Crippen molar-refractivity contribution in [1.82, 2.24) is 29.5 Å². The molecule has 4 heterocycles. The molecule has 6 rings (SSSR count). The first-order valence-electron chi connectivity index (χ1n) is 15.0. The van der Waals surface area contributed by atoms with Gasteiger partial charge in [-0.15, -0.1) is 0 Å². The molecule has 2 aliphatic rings. The number of para-hydroxylation sites is 1. The van der Waals surface area contributed by atoms with Crippen molar-refractivity contribution in [2.45, 2.75) is 38.3 Å². The Hall–Kier alpha value is -4.86. The maximum absolute atomic E-state index is 15.6. The van der Waals surface area contributed by atoms with Crippen LogP contribution in [-0.2, 0) is 9.53 Å². The molecule has 0 spiro atoms. The Morgan fingerprint density at radius 2 is 1.91 bits per heavy atom. The Labute approximate surface area is 260 Å². The summed E-state index contributed by atoms with van der Waals surface area (Å²) in [5, 5.41) is 15.2. The Balaban J connectivity index is 1.28. The van der Waals surface area contributed by atoms with Gasteiger partial charge in [-0.1, -0.05) is 18.2 Å². The van der Waals surface area contributed by atoms with Crippen LogP contribution in [0.2, 0.25) is 0 Å². The summed E-state index contributed by atoms with van der Waals surface area (Å²) in [5.74, 6) is 0.247. The zero-order valence-electron chi connectivity index (χ0n) is 25.3. The molecule has 2 aromatic carbocycles. The van der Waals surface area contributed by atoms with E-state index in [1.807, 2.05) is 32.0 Å². The Morgan fingerprint density at radius 1 is 1.13 bits per heavy atom. The number of likely N-dealkylation sites (tertiary alicyclic amines) is 1. The number of amides is 1. The van der Waals surface area contributed by atoms with Crippen LogP contribution in [0.15, 0.2) is 66.5 Å². The SMILES string of the molecule is CC(C)(/C=C(/C#N)C(=O)N1CCC[C@@H](n2nc(-c3ccc(Oc4ccccc4)cc3F)c3c(N)ncnc32)C1)N1CCOCC1. The summed E-state index contributed by atoms with van der Waals surface area (Å²) >= 11 is 0. The lowest BCUT2D eigenvalue weighted by Gasteiger charge is -2.39. The molecular formula is C33H35FN8O3. The van der Waals surface area contributed by atoms with Crippen molar-refractivity contribution in [3.05, 3.63) is 72.3 Å². The smallest absolute Gasteiger partial charge is 0.264 e. The normalized spacial score (nSPS) is 18.1. The number of ether oxygens (including phenoxy) is 2. The highest BCUT2D eigenvalue weighted by Gasteiger charge is 2.33. The third kappa shape index (κ3) is 6.22. The first-order chi connectivity index (χ1) is 21.7. The Bertz CT molecular complexity index is 1780. The number of rotatable bonds is 7. The molecule has 2 fully saturated rings. The summed E-state index contributed by atoms with van der Waals surface area (Å²) in [6.45, 7) is 7.51. The summed E-state index contributed by atoms with van der Waals surface area (Å²) in [4.78, 5) is 26.2. The molecule has 0 radical (unpaired) electrons. The average molecular weight is 611 g/mol. The summed E-state index contributed by atoms with van der Waals surface area (Å²) in [6.07, 6.45) is 4.51. The molecule has 2 N–H and O–H groups in total. The number of piperidine rings is 1. The summed E-state index contributed by atoms with van der Waals surface area (Å²) in [6, 6.07) is 15.6. The van der Waals surface area contributed by atoms with E-state index >= 15 is 4.39 Å². The minimum absolute atomic E-state index is 0.101. The van der Waals surface area contributed by atoms with Gasteiger partial charge in [-0.05, 0) is 57.0 Å². The maximum Gasteiger partial charge on any atom is 0.264 e. The minimum Gasteiger partial charge on any atom is -0.457 e. The molecule has 12 heteroatoms. The van der Waals surface area contributed by atoms with Gasteiger partial charge in [-0.3, -0.25) is 9.69 Å². The molecule has 0 unspecified atom stereocenters. The summed E-state index contributed by atoms with van der Waals surface area (Å²) in [5.41, 5.74) is 6.89. The average Bonchev–Trinajstić information content (AvgIpc) is 3.45. The number of carbonyl (C=O) groups is 1. The first-order valence-corrected chi connectivity index (χ1v) is 15.0. The summed E-state index contributed by atoms with van der Waals surface area (Å²) < 4.78 is 28.6. The van der Waals surface area contributed by atoms with Gasteiger partial charge in [0.15, 0.2) is 5.65 Å². The number of carbonyl (C=O) groups excluding carboxylic acids is 1. The van der Waals surface area contributed by atoms with E-state index in [1.165, 1.54) is 12.4 Å². The van der Waals surface area contributed by atoms with Gasteiger partial charge in [0.2, 0.25) is 0 Å². The van der Waals surface area contributed by atoms with E-state index < -0.39 is 11.4 Å². The number of aromatic nitrogens is 4. The fourth-order valence-electron chi connectivity index (χ4n) is 6.05. The van der Waals surface area contributed by atoms with Crippen LogP contribution in [-0.4, -0.2) is 80.4 Å². The van der Waals surface area contributed by atoms with Crippen molar-refractivity contribution in [3.8, 4) is 28.8 Å². The van der Waals surface area contributed by atoms with E-state index in [9.17, 15) is 10.1 Å². The van der Waals surface area contributed by atoms with Crippen LogP contribution in [0.5, 0.6) is 11.5 Å². The zero-order chi connectivity index (χ0) is 31.6. The number of halogens is 1. The van der Waals surface area contributed by atoms with Crippen LogP contribution < -0.4 is 10.5 Å². The molecule has 2 aromatic heterocycles. The van der Waals surface area contributed by atoms with Crippen LogP contribution in [0, 0.1) is 17.1 Å². The van der Waals surface area contributed by atoms with Gasteiger partial charge < -0.3 is 20.1 Å². The van der Waals surface area contributed by atoms with Gasteiger partial charge in [0.05, 0.1) is 24.6 Å². The molecule has 1 amide bonds. The minimum atomic E-state index is -0.537. The van der Waals surface area contributed by atoms with E-state index in [2.05, 4.69) is 20.9 Å². The van der Waals surface area contributed by atoms with Crippen molar-refractivity contribution in [2.24, 2.45) is 0 Å². The molecule has 0 saturated carbocycles. The van der Waals surface area contributed by atoms with Crippen molar-refractivity contribution < 1.29 is 18.7 Å². The van der Waals surface area contributed by atoms with E-state index in [0.717, 1.165) is 13.1 Å². The predicted octanol–water partition coefficient (Wildman–Crippen LogP) is 4.73. The maximum atomic E-state index is 15.6. The van der Waals surface area contributed by atoms with Crippen molar-refractivity contribution in [1.29, 1.82) is 5.26 Å². The van der Waals surface area contributed by atoms with Gasteiger partial charge in [-0.2, -0.15) is 10.4 Å². The van der Waals surface area contributed by atoms with Gasteiger partial charge in [0, 0.05) is 43.3 Å². The number of morpholine rings is 1. The van der Waals surface area contributed by atoms with E-state index in [1.54, 1.807) is 39.9 Å². The number of fused-ring (bicyclic) bond motifs is 1. The molecule has 11 nitrogen and oxygen atoms in total. The van der Waals surface area contributed by atoms with Gasteiger partial charge in [0.25, 0.3) is 5.91 Å². The van der Waals surface area contributed by atoms with Gasteiger partial charge >= 0.3 is 0 Å². The number of nitrogens with two attached hydrogens (primary N) is 1. The largest absolute Gasteiger partial charge is 0.457 e. The molecule has 4 aromatic rings. The second-order valence-electron chi connectivity index (χ2n) is 11.8. The zero-order valence-corrected chi connectivity index (χ0v) is 25.3. The second kappa shape index (κ2) is 12.6. The third-order valence-electron chi connectivity index (χ3n) is 8.40. The fraction of sp³-hybridized carbons (Fsp3) is 0.364. The molecule has 0 bridgehead atoms. The first kappa shape index (κ1) is 30.2. The lowest BCUT2D eigenvalue weighted by molar-refractivity contribution is -0.128. The Morgan fingerprint density at radius 3 is 2.64 bits per heavy atom. The van der Waals surface area contributed by atoms with Crippen molar-refractivity contribution in [2.75, 3.05) is 45.1 Å². The second-order valence-corrected chi connectivity index (χ2v) is 11.8.